The van der Waals surface area contributed by atoms with Crippen molar-refractivity contribution in [3.8, 4) is 17.2 Å². The molecule has 0 radical (unpaired) electrons. The Balaban J connectivity index is 0.000000285. The molecule has 0 aromatic carbocycles. The van der Waals surface area contributed by atoms with Crippen LogP contribution >= 0.6 is 0 Å². The fourth-order valence-corrected chi connectivity index (χ4v) is 6.36. The number of aliphatic hydroxyl groups is 3. The summed E-state index contributed by atoms with van der Waals surface area (Å²) < 4.78 is 17.1. The summed E-state index contributed by atoms with van der Waals surface area (Å²) >= 11 is 0.828. The van der Waals surface area contributed by atoms with Crippen molar-refractivity contribution in [2.75, 3.05) is 7.11 Å². The summed E-state index contributed by atoms with van der Waals surface area (Å²) in [5.74, 6) is 4.38. The van der Waals surface area contributed by atoms with E-state index in [1.165, 1.54) is 0 Å². The Bertz CT molecular complexity index is 769. The van der Waals surface area contributed by atoms with E-state index in [0.29, 0.717) is 59.5 Å². The van der Waals surface area contributed by atoms with Crippen LogP contribution < -0.4 is 14.2 Å². The molecule has 208 valence electrons. The molecular weight excluding hydrogens is 590 g/mol. The van der Waals surface area contributed by atoms with Crippen LogP contribution in [0.4, 0.5) is 0 Å². The van der Waals surface area contributed by atoms with Crippen molar-refractivity contribution >= 4 is 29.0 Å². The van der Waals surface area contributed by atoms with Gasteiger partial charge in [0.2, 0.25) is 0 Å². The third-order valence-corrected chi connectivity index (χ3v) is 9.30. The molecule has 3 heterocycles. The van der Waals surface area contributed by atoms with Crippen molar-refractivity contribution in [2.45, 2.75) is 99.3 Å². The van der Waals surface area contributed by atoms with Gasteiger partial charge in [0.25, 0.3) is 0 Å². The van der Waals surface area contributed by atoms with Crippen LogP contribution in [0.25, 0.3) is 0 Å². The van der Waals surface area contributed by atoms with Crippen LogP contribution in [-0.4, -0.2) is 75.9 Å². The summed E-state index contributed by atoms with van der Waals surface area (Å²) in [4.78, 5) is 8.39. The van der Waals surface area contributed by atoms with Gasteiger partial charge in [-0.2, -0.15) is 0 Å². The predicted octanol–water partition coefficient (Wildman–Crippen LogP) is 4.61. The summed E-state index contributed by atoms with van der Waals surface area (Å²) in [6.45, 7) is 16.8. The van der Waals surface area contributed by atoms with Gasteiger partial charge in [-0.05, 0) is 18.3 Å². The normalized spacial score (nSPS) is 18.8. The Labute approximate surface area is 230 Å². The van der Waals surface area contributed by atoms with Crippen molar-refractivity contribution < 1.29 is 29.5 Å². The van der Waals surface area contributed by atoms with Gasteiger partial charge in [0, 0.05) is 0 Å². The van der Waals surface area contributed by atoms with Crippen molar-refractivity contribution in [3.05, 3.63) is 25.3 Å². The van der Waals surface area contributed by atoms with Crippen LogP contribution in [0.1, 0.15) is 73.8 Å². The van der Waals surface area contributed by atoms with E-state index in [4.69, 9.17) is 19.3 Å². The second-order valence-corrected chi connectivity index (χ2v) is 13.7. The summed E-state index contributed by atoms with van der Waals surface area (Å²) in [7, 11) is 1.62. The van der Waals surface area contributed by atoms with Crippen LogP contribution in [0.5, 0.6) is 17.2 Å². The zero-order chi connectivity index (χ0) is 27.4. The molecule has 8 heteroatoms. The Kier molecular flexibility index (Phi) is 15.7. The quantitative estimate of drug-likeness (QED) is 0.367. The molecule has 2 aromatic rings. The average molecular weight is 639 g/mol. The Morgan fingerprint density at radius 3 is 1.58 bits per heavy atom. The van der Waals surface area contributed by atoms with E-state index in [2.05, 4.69) is 37.6 Å². The number of hydrogen-bond donors (Lipinski definition) is 3. The van der Waals surface area contributed by atoms with Gasteiger partial charge in [-0.15, -0.1) is 0 Å². The van der Waals surface area contributed by atoms with Crippen LogP contribution in [0.15, 0.2) is 19.8 Å². The number of ether oxygens (including phenoxy) is 3. The molecular formula is C28H48O6Se2. The van der Waals surface area contributed by atoms with Crippen molar-refractivity contribution in [2.24, 2.45) is 23.7 Å². The van der Waals surface area contributed by atoms with E-state index in [-0.39, 0.29) is 30.7 Å². The molecule has 2 aromatic heterocycles. The first kappa shape index (κ1) is 33.3. The van der Waals surface area contributed by atoms with E-state index in [1.807, 2.05) is 37.6 Å². The van der Waals surface area contributed by atoms with E-state index in [0.717, 1.165) is 29.2 Å². The molecule has 0 bridgehead atoms. The fraction of sp³-hybridized carbons (Fsp3) is 0.714. The van der Waals surface area contributed by atoms with Gasteiger partial charge in [0.05, 0.1) is 12.2 Å². The average Bonchev–Trinajstić information content (AvgIpc) is 3.43. The standard InChI is InChI=1S/C13H20O2Se.C9H20O2.C6H8O2Se/c1-8(2)10-5-11(9(3)4)15-13-7-16-6-12(13)14-10;1-6(2)8(10)5-9(11)7(3)4;1-8-6-4-9-3-5(6)2-7/h6-11H,5H2,1-4H3;6-11H,5H2,1-4H3;3-4,7H,2H2,1H3. The van der Waals surface area contributed by atoms with Crippen molar-refractivity contribution in [1.82, 2.24) is 0 Å². The van der Waals surface area contributed by atoms with E-state index >= 15 is 0 Å². The zero-order valence-electron chi connectivity index (χ0n) is 23.4. The number of fused-ring (bicyclic) bond motifs is 1. The van der Waals surface area contributed by atoms with Crippen LogP contribution in [-0.2, 0) is 6.61 Å². The second kappa shape index (κ2) is 17.0. The molecule has 0 fully saturated rings. The van der Waals surface area contributed by atoms with Crippen LogP contribution in [0.3, 0.4) is 0 Å². The molecule has 3 rings (SSSR count). The minimum absolute atomic E-state index is 0.0986. The molecule has 0 spiro atoms. The topological polar surface area (TPSA) is 88.4 Å². The Hall–Kier alpha value is -0.721. The number of hydrogen-bond acceptors (Lipinski definition) is 6. The van der Waals surface area contributed by atoms with Crippen LogP contribution in [0, 0.1) is 23.7 Å². The molecule has 1 aliphatic heterocycles. The van der Waals surface area contributed by atoms with E-state index < -0.39 is 0 Å². The zero-order valence-corrected chi connectivity index (χ0v) is 26.9. The minimum atomic E-state index is -0.368. The summed E-state index contributed by atoms with van der Waals surface area (Å²) in [6.07, 6.45) is 1.34. The fourth-order valence-electron chi connectivity index (χ4n) is 3.31. The van der Waals surface area contributed by atoms with Gasteiger partial charge in [0.1, 0.15) is 0 Å². The van der Waals surface area contributed by atoms with Gasteiger partial charge in [-0.1, -0.05) is 27.7 Å². The summed E-state index contributed by atoms with van der Waals surface area (Å²) in [5.41, 5.74) is 0.928. The molecule has 4 unspecified atom stereocenters. The van der Waals surface area contributed by atoms with Crippen molar-refractivity contribution in [3.63, 3.8) is 0 Å². The molecule has 36 heavy (non-hydrogen) atoms. The first-order valence-corrected chi connectivity index (χ1v) is 16.8. The third kappa shape index (κ3) is 11.3. The molecule has 0 saturated heterocycles. The second-order valence-electron chi connectivity index (χ2n) is 10.6. The molecule has 0 aliphatic carbocycles. The van der Waals surface area contributed by atoms with Gasteiger partial charge >= 0.3 is 163 Å². The Morgan fingerprint density at radius 2 is 1.25 bits per heavy atom. The van der Waals surface area contributed by atoms with Gasteiger partial charge < -0.3 is 10.2 Å². The van der Waals surface area contributed by atoms with Gasteiger partial charge in [-0.25, -0.2) is 0 Å². The van der Waals surface area contributed by atoms with E-state index in [1.54, 1.807) is 7.11 Å². The molecule has 0 saturated carbocycles. The van der Waals surface area contributed by atoms with Crippen LogP contribution in [0.2, 0.25) is 0 Å². The number of methoxy groups -OCH3 is 1. The molecule has 3 N–H and O–H groups in total. The Morgan fingerprint density at radius 1 is 0.806 bits per heavy atom. The first-order chi connectivity index (χ1) is 16.9. The summed E-state index contributed by atoms with van der Waals surface area (Å²) in [5, 5.41) is 27.5. The maximum absolute atomic E-state index is 9.39. The monoisotopic (exact) mass is 640 g/mol. The number of rotatable bonds is 8. The SMILES string of the molecule is CC(C)C(O)CC(O)C(C)C.CC(C)C1CC(C(C)C)Oc2c[se]cc2O1.COc1c[se]cc1CO. The molecule has 0 amide bonds. The molecule has 4 atom stereocenters. The van der Waals surface area contributed by atoms with Gasteiger partial charge in [-0.3, -0.25) is 0 Å². The third-order valence-electron chi connectivity index (χ3n) is 6.22. The van der Waals surface area contributed by atoms with Crippen molar-refractivity contribution in [1.29, 1.82) is 0 Å². The predicted molar refractivity (Wildman–Crippen MR) is 149 cm³/mol. The summed E-state index contributed by atoms with van der Waals surface area (Å²) in [6, 6.07) is 0. The molecule has 6 nitrogen and oxygen atoms in total. The first-order valence-electron chi connectivity index (χ1n) is 12.9. The van der Waals surface area contributed by atoms with Gasteiger partial charge in [0.15, 0.2) is 0 Å². The molecule has 1 aliphatic rings. The maximum atomic E-state index is 9.39. The van der Waals surface area contributed by atoms with E-state index in [9.17, 15) is 10.2 Å². The number of aliphatic hydroxyl groups excluding tert-OH is 3.